The summed E-state index contributed by atoms with van der Waals surface area (Å²) in [7, 11) is 0. The number of nitrogens with zero attached hydrogens (tertiary/aromatic N) is 3. The van der Waals surface area contributed by atoms with E-state index in [0.29, 0.717) is 51.9 Å². The molecule has 162 valence electrons. The van der Waals surface area contributed by atoms with Gasteiger partial charge in [0.25, 0.3) is 5.69 Å². The van der Waals surface area contributed by atoms with Crippen molar-refractivity contribution in [2.75, 3.05) is 31.1 Å². The Labute approximate surface area is 199 Å². The Hall–Kier alpha value is -2.39. The topological polar surface area (TPSA) is 78.7 Å². The molecule has 0 saturated carbocycles. The Bertz CT molecular complexity index is 1060. The second kappa shape index (κ2) is 10.3. The fourth-order valence-electron chi connectivity index (χ4n) is 3.04. The summed E-state index contributed by atoms with van der Waals surface area (Å²) in [6.07, 6.45) is 2.94. The zero-order valence-corrected chi connectivity index (χ0v) is 19.1. The van der Waals surface area contributed by atoms with E-state index in [-0.39, 0.29) is 11.6 Å². The standard InChI is InChI=1S/C20H17Cl3N4O3S/c21-14-3-1-13(16(22)11-14)2-6-19(28)24-20(31)26-9-7-25(8-10-26)18-5-4-15(27(29)30)12-17(18)23/h1-6,11-12H,7-10H2,(H,24,28,31). The molecular formula is C20H17Cl3N4O3S. The first kappa shape index (κ1) is 23.3. The zero-order valence-electron chi connectivity index (χ0n) is 16.1. The molecule has 0 bridgehead atoms. The van der Waals surface area contributed by atoms with Gasteiger partial charge >= 0.3 is 0 Å². The smallest absolute Gasteiger partial charge is 0.271 e. The van der Waals surface area contributed by atoms with Crippen LogP contribution >= 0.6 is 47.0 Å². The number of nitro benzene ring substituents is 1. The summed E-state index contributed by atoms with van der Waals surface area (Å²) in [6, 6.07) is 9.41. The number of non-ortho nitro benzene ring substituents is 1. The van der Waals surface area contributed by atoms with Gasteiger partial charge in [0, 0.05) is 54.4 Å². The number of carbonyl (C=O) groups excluding carboxylic acids is 1. The Morgan fingerprint density at radius 1 is 1.06 bits per heavy atom. The number of hydrogen-bond acceptors (Lipinski definition) is 5. The number of anilines is 1. The number of carbonyl (C=O) groups is 1. The lowest BCUT2D eigenvalue weighted by molar-refractivity contribution is -0.384. The minimum absolute atomic E-state index is 0.0516. The summed E-state index contributed by atoms with van der Waals surface area (Å²) in [5, 5.41) is 15.2. The van der Waals surface area contributed by atoms with Crippen molar-refractivity contribution in [1.29, 1.82) is 0 Å². The Morgan fingerprint density at radius 3 is 2.39 bits per heavy atom. The van der Waals surface area contributed by atoms with Crippen LogP contribution in [0, 0.1) is 10.1 Å². The van der Waals surface area contributed by atoms with Crippen LogP contribution in [-0.4, -0.2) is 47.0 Å². The van der Waals surface area contributed by atoms with E-state index in [9.17, 15) is 14.9 Å². The second-order valence-corrected chi connectivity index (χ2v) is 8.30. The summed E-state index contributed by atoms with van der Waals surface area (Å²) >= 11 is 23.5. The van der Waals surface area contributed by atoms with Gasteiger partial charge in [0.05, 0.1) is 15.6 Å². The fourth-order valence-corrected chi connectivity index (χ4v) is 4.09. The minimum atomic E-state index is -0.482. The number of nitrogens with one attached hydrogen (secondary N) is 1. The molecule has 31 heavy (non-hydrogen) atoms. The number of hydrogen-bond donors (Lipinski definition) is 1. The highest BCUT2D eigenvalue weighted by atomic mass is 35.5. The predicted molar refractivity (Wildman–Crippen MR) is 128 cm³/mol. The molecule has 0 atom stereocenters. The van der Waals surface area contributed by atoms with Crippen molar-refractivity contribution in [3.05, 3.63) is 73.2 Å². The summed E-state index contributed by atoms with van der Waals surface area (Å²) in [5.41, 5.74) is 1.34. The Balaban J connectivity index is 1.53. The van der Waals surface area contributed by atoms with Crippen LogP contribution in [0.5, 0.6) is 0 Å². The van der Waals surface area contributed by atoms with Crippen LogP contribution in [0.25, 0.3) is 6.08 Å². The molecule has 1 heterocycles. The molecule has 1 fully saturated rings. The third-order valence-electron chi connectivity index (χ3n) is 4.66. The van der Waals surface area contributed by atoms with Crippen LogP contribution in [0.15, 0.2) is 42.5 Å². The predicted octanol–water partition coefficient (Wildman–Crippen LogP) is 4.79. The van der Waals surface area contributed by atoms with Gasteiger partial charge in [-0.25, -0.2) is 0 Å². The molecule has 2 aromatic rings. The highest BCUT2D eigenvalue weighted by Crippen LogP contribution is 2.30. The third kappa shape index (κ3) is 6.07. The van der Waals surface area contributed by atoms with E-state index < -0.39 is 4.92 Å². The average molecular weight is 500 g/mol. The molecule has 2 aromatic carbocycles. The molecule has 1 aliphatic heterocycles. The summed E-state index contributed by atoms with van der Waals surface area (Å²) < 4.78 is 0. The van der Waals surface area contributed by atoms with Crippen molar-refractivity contribution >= 4 is 75.5 Å². The van der Waals surface area contributed by atoms with Crippen LogP contribution in [-0.2, 0) is 4.79 Å². The quantitative estimate of drug-likeness (QED) is 0.282. The van der Waals surface area contributed by atoms with Gasteiger partial charge < -0.3 is 9.80 Å². The molecule has 3 rings (SSSR count). The molecule has 0 aliphatic carbocycles. The van der Waals surface area contributed by atoms with Crippen LogP contribution in [0.2, 0.25) is 15.1 Å². The van der Waals surface area contributed by atoms with Gasteiger partial charge in [-0.2, -0.15) is 0 Å². The lowest BCUT2D eigenvalue weighted by Gasteiger charge is -2.37. The molecule has 7 nitrogen and oxygen atoms in total. The van der Waals surface area contributed by atoms with E-state index in [1.54, 1.807) is 30.3 Å². The first-order valence-corrected chi connectivity index (χ1v) is 10.7. The third-order valence-corrected chi connectivity index (χ3v) is 5.88. The van der Waals surface area contributed by atoms with Crippen molar-refractivity contribution in [1.82, 2.24) is 10.2 Å². The SMILES string of the molecule is O=C(C=Cc1ccc(Cl)cc1Cl)NC(=S)N1CCN(c2ccc([N+](=O)[O-])cc2Cl)CC1. The molecule has 1 amide bonds. The summed E-state index contributed by atoms with van der Waals surface area (Å²) in [6.45, 7) is 2.34. The van der Waals surface area contributed by atoms with E-state index >= 15 is 0 Å². The van der Waals surface area contributed by atoms with Crippen LogP contribution < -0.4 is 10.2 Å². The zero-order chi connectivity index (χ0) is 22.5. The number of rotatable bonds is 4. The maximum atomic E-state index is 12.2. The number of piperazine rings is 1. The number of thiocarbonyl (C=S) groups is 1. The maximum Gasteiger partial charge on any atom is 0.271 e. The number of nitro groups is 1. The fraction of sp³-hybridized carbons (Fsp3) is 0.200. The van der Waals surface area contributed by atoms with Gasteiger partial charge in [-0.3, -0.25) is 20.2 Å². The van der Waals surface area contributed by atoms with Crippen molar-refractivity contribution in [3.63, 3.8) is 0 Å². The molecule has 0 unspecified atom stereocenters. The first-order valence-electron chi connectivity index (χ1n) is 9.16. The lowest BCUT2D eigenvalue weighted by atomic mass is 10.2. The number of benzene rings is 2. The van der Waals surface area contributed by atoms with Crippen molar-refractivity contribution in [3.8, 4) is 0 Å². The van der Waals surface area contributed by atoms with Gasteiger partial charge in [0.1, 0.15) is 0 Å². The molecule has 1 N–H and O–H groups in total. The maximum absolute atomic E-state index is 12.2. The van der Waals surface area contributed by atoms with Gasteiger partial charge in [0.2, 0.25) is 5.91 Å². The lowest BCUT2D eigenvalue weighted by Crippen LogP contribution is -2.52. The molecular weight excluding hydrogens is 483 g/mol. The van der Waals surface area contributed by atoms with E-state index in [2.05, 4.69) is 5.32 Å². The van der Waals surface area contributed by atoms with Crippen molar-refractivity contribution in [2.24, 2.45) is 0 Å². The van der Waals surface area contributed by atoms with Crippen molar-refractivity contribution < 1.29 is 9.72 Å². The van der Waals surface area contributed by atoms with Gasteiger partial charge in [-0.15, -0.1) is 0 Å². The van der Waals surface area contributed by atoms with Crippen LogP contribution in [0.3, 0.4) is 0 Å². The van der Waals surface area contributed by atoms with E-state index in [1.807, 2.05) is 9.80 Å². The van der Waals surface area contributed by atoms with Crippen molar-refractivity contribution in [2.45, 2.75) is 0 Å². The molecule has 0 radical (unpaired) electrons. The number of halogens is 3. The van der Waals surface area contributed by atoms with Crippen LogP contribution in [0.1, 0.15) is 5.56 Å². The molecule has 0 aromatic heterocycles. The first-order chi connectivity index (χ1) is 14.7. The van der Waals surface area contributed by atoms with Gasteiger partial charge in [-0.1, -0.05) is 40.9 Å². The summed E-state index contributed by atoms with van der Waals surface area (Å²) in [4.78, 5) is 26.5. The largest absolute Gasteiger partial charge is 0.367 e. The van der Waals surface area contributed by atoms with Crippen LogP contribution in [0.4, 0.5) is 11.4 Å². The highest BCUT2D eigenvalue weighted by Gasteiger charge is 2.22. The normalized spacial score (nSPS) is 14.0. The Morgan fingerprint density at radius 2 is 1.77 bits per heavy atom. The molecule has 1 aliphatic rings. The number of amides is 1. The van der Waals surface area contributed by atoms with E-state index in [4.69, 9.17) is 47.0 Å². The van der Waals surface area contributed by atoms with E-state index in [1.165, 1.54) is 18.2 Å². The molecule has 1 saturated heterocycles. The Kier molecular flexibility index (Phi) is 7.72. The van der Waals surface area contributed by atoms with Gasteiger partial charge in [-0.05, 0) is 42.1 Å². The van der Waals surface area contributed by atoms with Gasteiger partial charge in [0.15, 0.2) is 5.11 Å². The van der Waals surface area contributed by atoms with E-state index in [0.717, 1.165) is 5.69 Å². The summed E-state index contributed by atoms with van der Waals surface area (Å²) in [5.74, 6) is -0.364. The monoisotopic (exact) mass is 498 g/mol. The highest BCUT2D eigenvalue weighted by molar-refractivity contribution is 7.80. The molecule has 11 heteroatoms. The second-order valence-electron chi connectivity index (χ2n) is 6.66. The average Bonchev–Trinajstić information content (AvgIpc) is 2.73. The minimum Gasteiger partial charge on any atom is -0.367 e. The molecule has 0 spiro atoms.